The van der Waals surface area contributed by atoms with Gasteiger partial charge in [-0.1, -0.05) is 18.2 Å². The van der Waals surface area contributed by atoms with Gasteiger partial charge in [0.25, 0.3) is 5.91 Å². The average Bonchev–Trinajstić information content (AvgIpc) is 3.56. The Labute approximate surface area is 232 Å². The van der Waals surface area contributed by atoms with Crippen LogP contribution in [0.25, 0.3) is 21.8 Å². The maximum absolute atomic E-state index is 13.3. The summed E-state index contributed by atoms with van der Waals surface area (Å²) < 4.78 is 19.0. The molecule has 3 N–H and O–H groups in total. The number of nitrogens with zero attached hydrogens (tertiary/aromatic N) is 1. The fourth-order valence-electron chi connectivity index (χ4n) is 5.21. The maximum atomic E-state index is 13.3. The van der Waals surface area contributed by atoms with Crippen LogP contribution >= 0.6 is 0 Å². The normalized spacial score (nSPS) is 17.0. The average molecular weight is 546 g/mol. The van der Waals surface area contributed by atoms with Crippen molar-refractivity contribution < 1.29 is 28.9 Å². The number of aromatic amines is 1. The van der Waals surface area contributed by atoms with Crippen LogP contribution < -0.4 is 10.1 Å². The van der Waals surface area contributed by atoms with Gasteiger partial charge in [-0.15, -0.1) is 0 Å². The SMILES string of the molecule is COc1ccc2[nH]cc(CCNC(=O)C3=C[C@H](c4cn(C(C)=O)c5ccccc45)C[C@H](OCCCCO)O3)c2c1. The molecule has 210 valence electrons. The quantitative estimate of drug-likeness (QED) is 0.236. The molecule has 5 rings (SSSR count). The van der Waals surface area contributed by atoms with Crippen molar-refractivity contribution in [3.05, 3.63) is 77.8 Å². The van der Waals surface area contributed by atoms with Gasteiger partial charge in [-0.3, -0.25) is 14.2 Å². The number of ether oxygens (including phenoxy) is 3. The number of amides is 1. The third-order valence-electron chi connectivity index (χ3n) is 7.27. The van der Waals surface area contributed by atoms with Gasteiger partial charge in [-0.2, -0.15) is 0 Å². The Bertz CT molecular complexity index is 1530. The van der Waals surface area contributed by atoms with Crippen LogP contribution in [0.4, 0.5) is 0 Å². The van der Waals surface area contributed by atoms with Crippen LogP contribution in [0.5, 0.6) is 5.75 Å². The summed E-state index contributed by atoms with van der Waals surface area (Å²) in [7, 11) is 1.64. The number of aromatic nitrogens is 2. The van der Waals surface area contributed by atoms with E-state index in [9.17, 15) is 9.59 Å². The first-order chi connectivity index (χ1) is 19.5. The molecule has 0 fully saturated rings. The van der Waals surface area contributed by atoms with Gasteiger partial charge in [0.2, 0.25) is 12.2 Å². The number of fused-ring (bicyclic) bond motifs is 2. The predicted molar refractivity (Wildman–Crippen MR) is 152 cm³/mol. The lowest BCUT2D eigenvalue weighted by Gasteiger charge is -2.29. The zero-order valence-corrected chi connectivity index (χ0v) is 22.8. The third-order valence-corrected chi connectivity index (χ3v) is 7.27. The van der Waals surface area contributed by atoms with E-state index in [0.717, 1.165) is 38.7 Å². The van der Waals surface area contributed by atoms with Crippen molar-refractivity contribution in [3.63, 3.8) is 0 Å². The van der Waals surface area contributed by atoms with Crippen molar-refractivity contribution in [1.29, 1.82) is 0 Å². The molecule has 40 heavy (non-hydrogen) atoms. The molecule has 0 unspecified atom stereocenters. The van der Waals surface area contributed by atoms with Crippen molar-refractivity contribution in [3.8, 4) is 5.75 Å². The molecule has 9 heteroatoms. The highest BCUT2D eigenvalue weighted by Gasteiger charge is 2.30. The minimum Gasteiger partial charge on any atom is -0.497 e. The molecular formula is C31H35N3O6. The zero-order valence-electron chi connectivity index (χ0n) is 22.8. The molecule has 9 nitrogen and oxygen atoms in total. The first kappa shape index (κ1) is 27.5. The van der Waals surface area contributed by atoms with E-state index in [1.165, 1.54) is 6.92 Å². The largest absolute Gasteiger partial charge is 0.497 e. The summed E-state index contributed by atoms with van der Waals surface area (Å²) in [5.74, 6) is 0.387. The molecule has 0 saturated carbocycles. The Morgan fingerprint density at radius 1 is 1.18 bits per heavy atom. The lowest BCUT2D eigenvalue weighted by Crippen LogP contribution is -2.34. The fraction of sp³-hybridized carbons (Fsp3) is 0.355. The smallest absolute Gasteiger partial charge is 0.286 e. The van der Waals surface area contributed by atoms with Gasteiger partial charge < -0.3 is 29.6 Å². The molecule has 0 bridgehead atoms. The number of carbonyl (C=O) groups is 2. The molecule has 3 heterocycles. The summed E-state index contributed by atoms with van der Waals surface area (Å²) in [5.41, 5.74) is 3.85. The fourth-order valence-corrected chi connectivity index (χ4v) is 5.21. The molecule has 2 atom stereocenters. The van der Waals surface area contributed by atoms with Crippen molar-refractivity contribution >= 4 is 33.6 Å². The van der Waals surface area contributed by atoms with E-state index in [1.54, 1.807) is 11.7 Å². The molecule has 0 spiro atoms. The summed E-state index contributed by atoms with van der Waals surface area (Å²) in [4.78, 5) is 28.9. The molecule has 2 aromatic carbocycles. The maximum Gasteiger partial charge on any atom is 0.286 e. The number of para-hydroxylation sites is 1. The van der Waals surface area contributed by atoms with Gasteiger partial charge >= 0.3 is 0 Å². The highest BCUT2D eigenvalue weighted by Crippen LogP contribution is 2.36. The number of carbonyl (C=O) groups excluding carboxylic acids is 2. The van der Waals surface area contributed by atoms with Crippen LogP contribution in [0.3, 0.4) is 0 Å². The van der Waals surface area contributed by atoms with Gasteiger partial charge in [-0.05, 0) is 60.7 Å². The van der Waals surface area contributed by atoms with E-state index in [-0.39, 0.29) is 30.1 Å². The van der Waals surface area contributed by atoms with E-state index in [0.29, 0.717) is 38.8 Å². The van der Waals surface area contributed by atoms with Crippen LogP contribution in [0.1, 0.15) is 48.0 Å². The van der Waals surface area contributed by atoms with Gasteiger partial charge in [0.05, 0.1) is 19.2 Å². The molecule has 0 aliphatic carbocycles. The van der Waals surface area contributed by atoms with Crippen LogP contribution in [0, 0.1) is 0 Å². The number of nitrogens with one attached hydrogen (secondary N) is 2. The Kier molecular flexibility index (Phi) is 8.52. The van der Waals surface area contributed by atoms with Crippen molar-refractivity contribution in [2.45, 2.75) is 44.8 Å². The number of methoxy groups -OCH3 is 1. The van der Waals surface area contributed by atoms with E-state index < -0.39 is 6.29 Å². The highest BCUT2D eigenvalue weighted by molar-refractivity contribution is 5.95. The summed E-state index contributed by atoms with van der Waals surface area (Å²) in [6, 6.07) is 13.6. The molecule has 4 aromatic rings. The number of H-pyrrole nitrogens is 1. The number of allylic oxidation sites excluding steroid dienone is 1. The van der Waals surface area contributed by atoms with Crippen LogP contribution in [0.15, 0.2) is 66.7 Å². The second-order valence-electron chi connectivity index (χ2n) is 9.94. The van der Waals surface area contributed by atoms with Crippen LogP contribution in [-0.2, 0) is 20.7 Å². The van der Waals surface area contributed by atoms with Gasteiger partial charge in [0.1, 0.15) is 5.75 Å². The minimum absolute atomic E-state index is 0.0804. The second kappa shape index (κ2) is 12.4. The Balaban J connectivity index is 1.34. The van der Waals surface area contributed by atoms with Crippen molar-refractivity contribution in [2.24, 2.45) is 0 Å². The molecule has 1 aliphatic heterocycles. The standard InChI is InChI=1S/C31H35N3O6/c1-20(36)34-19-26(24-7-3-4-8-28(24)34)22-15-29(40-30(16-22)39-14-6-5-13-35)31(37)32-12-11-21-18-33-27-10-9-23(38-2)17-25(21)27/h3-4,7-10,15,17-19,22,30,33,35H,5-6,11-14,16H2,1-2H3,(H,32,37)/t22-,30+/m0/s1. The first-order valence-electron chi connectivity index (χ1n) is 13.6. The summed E-state index contributed by atoms with van der Waals surface area (Å²) in [6.07, 6.45) is 7.44. The molecule has 0 radical (unpaired) electrons. The third kappa shape index (κ3) is 5.90. The summed E-state index contributed by atoms with van der Waals surface area (Å²) in [6.45, 7) is 2.46. The minimum atomic E-state index is -0.630. The number of benzene rings is 2. The van der Waals surface area contributed by atoms with Gasteiger partial charge in [-0.25, -0.2) is 0 Å². The Morgan fingerprint density at radius 2 is 2.02 bits per heavy atom. The highest BCUT2D eigenvalue weighted by atomic mass is 16.7. The number of aliphatic hydroxyl groups excluding tert-OH is 1. The second-order valence-corrected chi connectivity index (χ2v) is 9.94. The molecular weight excluding hydrogens is 510 g/mol. The number of unbranched alkanes of at least 4 members (excludes halogenated alkanes) is 1. The summed E-state index contributed by atoms with van der Waals surface area (Å²) in [5, 5.41) is 14.1. The number of hydrogen-bond acceptors (Lipinski definition) is 6. The zero-order chi connectivity index (χ0) is 28.1. The molecule has 0 saturated heterocycles. The number of rotatable bonds is 11. The van der Waals surface area contributed by atoms with E-state index in [1.807, 2.05) is 60.9 Å². The molecule has 1 aliphatic rings. The van der Waals surface area contributed by atoms with E-state index >= 15 is 0 Å². The monoisotopic (exact) mass is 545 g/mol. The Hall–Kier alpha value is -4.08. The lowest BCUT2D eigenvalue weighted by atomic mass is 9.92. The summed E-state index contributed by atoms with van der Waals surface area (Å²) >= 11 is 0. The lowest BCUT2D eigenvalue weighted by molar-refractivity contribution is -0.146. The molecule has 2 aromatic heterocycles. The van der Waals surface area contributed by atoms with Crippen molar-refractivity contribution in [1.82, 2.24) is 14.9 Å². The predicted octanol–water partition coefficient (Wildman–Crippen LogP) is 4.65. The number of aliphatic hydroxyl groups is 1. The Morgan fingerprint density at radius 3 is 2.83 bits per heavy atom. The van der Waals surface area contributed by atoms with Crippen LogP contribution in [-0.4, -0.2) is 59.6 Å². The van der Waals surface area contributed by atoms with Gasteiger partial charge in [0.15, 0.2) is 5.76 Å². The topological polar surface area (TPSA) is 115 Å². The van der Waals surface area contributed by atoms with E-state index in [2.05, 4.69) is 10.3 Å². The first-order valence-corrected chi connectivity index (χ1v) is 13.6. The number of hydrogen-bond donors (Lipinski definition) is 3. The van der Waals surface area contributed by atoms with Gasteiger partial charge in [0, 0.05) is 61.1 Å². The van der Waals surface area contributed by atoms with Crippen molar-refractivity contribution in [2.75, 3.05) is 26.9 Å². The van der Waals surface area contributed by atoms with Crippen LogP contribution in [0.2, 0.25) is 0 Å². The van der Waals surface area contributed by atoms with E-state index in [4.69, 9.17) is 19.3 Å². The molecule has 1 amide bonds.